The molecule has 0 bridgehead atoms. The largest absolute Gasteiger partial charge is 0.369 e. The number of fused-ring (bicyclic) bond motifs is 1. The van der Waals surface area contributed by atoms with Crippen molar-refractivity contribution in [3.8, 4) is 0 Å². The van der Waals surface area contributed by atoms with E-state index >= 15 is 0 Å². The summed E-state index contributed by atoms with van der Waals surface area (Å²) in [5.41, 5.74) is 2.48. The maximum atomic E-state index is 6.32. The number of epoxide rings is 1. The van der Waals surface area contributed by atoms with Crippen molar-refractivity contribution in [3.05, 3.63) is 71.8 Å². The lowest BCUT2D eigenvalue weighted by atomic mass is 9.99. The molecule has 126 valence electrons. The molecule has 0 aromatic heterocycles. The number of hydrogen-bond donors (Lipinski definition) is 0. The smallest absolute Gasteiger partial charge is 0.113 e. The summed E-state index contributed by atoms with van der Waals surface area (Å²) in [5, 5.41) is 0. The molecule has 2 saturated heterocycles. The van der Waals surface area contributed by atoms with E-state index in [0.717, 1.165) is 13.1 Å². The van der Waals surface area contributed by atoms with E-state index < -0.39 is 0 Å². The topological polar surface area (TPSA) is 25.0 Å². The number of nitrogens with zero attached hydrogens (tertiary/aromatic N) is 1. The molecule has 4 heteroatoms. The molecule has 0 radical (unpaired) electrons. The summed E-state index contributed by atoms with van der Waals surface area (Å²) in [4.78, 5) is 2.41. The third kappa shape index (κ3) is 3.50. The summed E-state index contributed by atoms with van der Waals surface area (Å²) in [7, 11) is 0. The SMILES string of the molecule is ClC[C@@H]1[C@@H](OCc2ccccc2)[C@H]2O[C@H]2CN1Cc1ccccc1. The lowest BCUT2D eigenvalue weighted by Crippen LogP contribution is -2.53. The number of alkyl halides is 1. The fourth-order valence-corrected chi connectivity index (χ4v) is 3.91. The number of halogens is 1. The van der Waals surface area contributed by atoms with Crippen LogP contribution in [0.15, 0.2) is 60.7 Å². The summed E-state index contributed by atoms with van der Waals surface area (Å²) in [6.07, 6.45) is 0.517. The van der Waals surface area contributed by atoms with E-state index in [1.807, 2.05) is 24.3 Å². The van der Waals surface area contributed by atoms with E-state index in [4.69, 9.17) is 21.1 Å². The van der Waals surface area contributed by atoms with Gasteiger partial charge in [-0.3, -0.25) is 4.90 Å². The van der Waals surface area contributed by atoms with Crippen molar-refractivity contribution in [1.29, 1.82) is 0 Å². The van der Waals surface area contributed by atoms with Gasteiger partial charge >= 0.3 is 0 Å². The molecule has 2 heterocycles. The number of hydrogen-bond acceptors (Lipinski definition) is 3. The Morgan fingerprint density at radius 2 is 1.67 bits per heavy atom. The Bertz CT molecular complexity index is 651. The fourth-order valence-electron chi connectivity index (χ4n) is 3.54. The Labute approximate surface area is 148 Å². The Hall–Kier alpha value is -1.39. The highest BCUT2D eigenvalue weighted by Gasteiger charge is 2.54. The second kappa shape index (κ2) is 7.24. The highest BCUT2D eigenvalue weighted by atomic mass is 35.5. The summed E-state index contributed by atoms with van der Waals surface area (Å²) >= 11 is 6.32. The molecule has 2 aromatic rings. The van der Waals surface area contributed by atoms with Gasteiger partial charge in [0, 0.05) is 19.0 Å². The van der Waals surface area contributed by atoms with Crippen LogP contribution in [0, 0.1) is 0 Å². The first-order chi connectivity index (χ1) is 11.8. The molecule has 0 amide bonds. The van der Waals surface area contributed by atoms with Gasteiger partial charge in [-0.05, 0) is 11.1 Å². The van der Waals surface area contributed by atoms with E-state index in [0.29, 0.717) is 12.5 Å². The van der Waals surface area contributed by atoms with Crippen LogP contribution in [-0.2, 0) is 22.6 Å². The van der Waals surface area contributed by atoms with Crippen LogP contribution in [0.2, 0.25) is 0 Å². The van der Waals surface area contributed by atoms with E-state index in [1.54, 1.807) is 0 Å². The molecule has 0 spiro atoms. The van der Waals surface area contributed by atoms with Crippen LogP contribution in [0.25, 0.3) is 0 Å². The van der Waals surface area contributed by atoms with E-state index in [9.17, 15) is 0 Å². The third-order valence-electron chi connectivity index (χ3n) is 4.88. The van der Waals surface area contributed by atoms with E-state index in [-0.39, 0.29) is 24.4 Å². The van der Waals surface area contributed by atoms with Crippen LogP contribution in [0.4, 0.5) is 0 Å². The standard InChI is InChI=1S/C20H22ClNO2/c21-11-17-19(23-14-16-9-5-2-6-10-16)20-18(24-20)13-22(17)12-15-7-3-1-4-8-15/h1-10,17-20H,11-14H2/t17-,18+,19-,20+/m1/s1. The van der Waals surface area contributed by atoms with Gasteiger partial charge in [0.05, 0.1) is 18.8 Å². The van der Waals surface area contributed by atoms with Gasteiger partial charge in [0.15, 0.2) is 0 Å². The first kappa shape index (κ1) is 16.1. The van der Waals surface area contributed by atoms with Crippen LogP contribution < -0.4 is 0 Å². The summed E-state index contributed by atoms with van der Waals surface area (Å²) < 4.78 is 12.1. The van der Waals surface area contributed by atoms with Gasteiger partial charge in [0.1, 0.15) is 12.2 Å². The Balaban J connectivity index is 1.45. The molecular weight excluding hydrogens is 322 g/mol. The number of rotatable bonds is 6. The molecule has 0 unspecified atom stereocenters. The minimum absolute atomic E-state index is 0.0326. The third-order valence-corrected chi connectivity index (χ3v) is 5.20. The number of ether oxygens (including phenoxy) is 2. The molecule has 2 aliphatic heterocycles. The predicted molar refractivity (Wildman–Crippen MR) is 95.0 cm³/mol. The highest BCUT2D eigenvalue weighted by molar-refractivity contribution is 6.18. The van der Waals surface area contributed by atoms with Crippen molar-refractivity contribution in [3.63, 3.8) is 0 Å². The number of likely N-dealkylation sites (tertiary alicyclic amines) is 1. The summed E-state index contributed by atoms with van der Waals surface area (Å²) in [6, 6.07) is 21.0. The van der Waals surface area contributed by atoms with Crippen LogP contribution >= 0.6 is 11.6 Å². The quantitative estimate of drug-likeness (QED) is 0.593. The minimum atomic E-state index is 0.0326. The zero-order chi connectivity index (χ0) is 16.4. The van der Waals surface area contributed by atoms with Crippen molar-refractivity contribution in [2.24, 2.45) is 0 Å². The fraction of sp³-hybridized carbons (Fsp3) is 0.400. The Kier molecular flexibility index (Phi) is 4.86. The molecule has 4 atom stereocenters. The number of benzene rings is 2. The normalized spacial score (nSPS) is 29.2. The van der Waals surface area contributed by atoms with Crippen LogP contribution in [0.3, 0.4) is 0 Å². The van der Waals surface area contributed by atoms with Crippen molar-refractivity contribution in [1.82, 2.24) is 4.90 Å². The molecule has 24 heavy (non-hydrogen) atoms. The first-order valence-electron chi connectivity index (χ1n) is 8.50. The molecule has 2 aliphatic rings. The predicted octanol–water partition coefficient (Wildman–Crippen LogP) is 3.46. The van der Waals surface area contributed by atoms with Gasteiger partial charge < -0.3 is 9.47 Å². The van der Waals surface area contributed by atoms with Crippen molar-refractivity contribution in [2.45, 2.75) is 37.5 Å². The molecule has 2 fully saturated rings. The average molecular weight is 344 g/mol. The van der Waals surface area contributed by atoms with Gasteiger partial charge in [0.25, 0.3) is 0 Å². The van der Waals surface area contributed by atoms with E-state index in [2.05, 4.69) is 41.3 Å². The maximum absolute atomic E-state index is 6.32. The van der Waals surface area contributed by atoms with Gasteiger partial charge in [-0.15, -0.1) is 11.6 Å². The Morgan fingerprint density at radius 1 is 1.00 bits per heavy atom. The summed E-state index contributed by atoms with van der Waals surface area (Å²) in [6.45, 7) is 2.42. The summed E-state index contributed by atoms with van der Waals surface area (Å²) in [5.74, 6) is 0.554. The molecular formula is C20H22ClNO2. The van der Waals surface area contributed by atoms with Gasteiger partial charge in [0.2, 0.25) is 0 Å². The van der Waals surface area contributed by atoms with Crippen molar-refractivity contribution >= 4 is 11.6 Å². The molecule has 0 N–H and O–H groups in total. The second-order valence-electron chi connectivity index (χ2n) is 6.54. The van der Waals surface area contributed by atoms with Gasteiger partial charge in [-0.1, -0.05) is 60.7 Å². The van der Waals surface area contributed by atoms with Gasteiger partial charge in [-0.25, -0.2) is 0 Å². The molecule has 3 nitrogen and oxygen atoms in total. The zero-order valence-electron chi connectivity index (χ0n) is 13.6. The maximum Gasteiger partial charge on any atom is 0.113 e. The van der Waals surface area contributed by atoms with Crippen molar-refractivity contribution in [2.75, 3.05) is 12.4 Å². The highest BCUT2D eigenvalue weighted by Crippen LogP contribution is 2.38. The minimum Gasteiger partial charge on any atom is -0.369 e. The lowest BCUT2D eigenvalue weighted by molar-refractivity contribution is -0.0389. The number of piperidine rings is 1. The average Bonchev–Trinajstić information content (AvgIpc) is 3.40. The Morgan fingerprint density at radius 3 is 2.33 bits per heavy atom. The zero-order valence-corrected chi connectivity index (χ0v) is 14.3. The van der Waals surface area contributed by atoms with Gasteiger partial charge in [-0.2, -0.15) is 0 Å². The lowest BCUT2D eigenvalue weighted by Gasteiger charge is -2.38. The molecule has 0 aliphatic carbocycles. The second-order valence-corrected chi connectivity index (χ2v) is 6.85. The molecule has 4 rings (SSSR count). The van der Waals surface area contributed by atoms with Crippen LogP contribution in [0.5, 0.6) is 0 Å². The monoisotopic (exact) mass is 343 g/mol. The van der Waals surface area contributed by atoms with E-state index in [1.165, 1.54) is 11.1 Å². The first-order valence-corrected chi connectivity index (χ1v) is 9.03. The van der Waals surface area contributed by atoms with Crippen LogP contribution in [-0.4, -0.2) is 41.7 Å². The van der Waals surface area contributed by atoms with Crippen molar-refractivity contribution < 1.29 is 9.47 Å². The molecule has 2 aromatic carbocycles. The molecule has 0 saturated carbocycles. The van der Waals surface area contributed by atoms with Crippen LogP contribution in [0.1, 0.15) is 11.1 Å².